The minimum absolute atomic E-state index is 0.0347. The first-order valence-corrected chi connectivity index (χ1v) is 7.46. The molecule has 0 N–H and O–H groups in total. The maximum atomic E-state index is 4.26. The van der Waals surface area contributed by atoms with E-state index in [2.05, 4.69) is 70.7 Å². The fourth-order valence-corrected chi connectivity index (χ4v) is 3.52. The molecule has 2 heterocycles. The first-order chi connectivity index (χ1) is 9.78. The molecule has 1 aromatic carbocycles. The Morgan fingerprint density at radius 1 is 1.24 bits per heavy atom. The van der Waals surface area contributed by atoms with Crippen molar-refractivity contribution in [1.82, 2.24) is 0 Å². The zero-order valence-corrected chi connectivity index (χ0v) is 13.5. The van der Waals surface area contributed by atoms with Gasteiger partial charge in [-0.3, -0.25) is 0 Å². The summed E-state index contributed by atoms with van der Waals surface area (Å²) >= 11 is 0. The average Bonchev–Trinajstić information content (AvgIpc) is 2.43. The highest BCUT2D eigenvalue weighted by molar-refractivity contribution is 5.79. The standard InChI is InChI=1S/C20H23N/c1-8-16-11-21-15(5)13(3)14(4)17-9-12(2)10-18(19(17)21)20(16,6)7/h8-11,14H,1,3,5H2,2,4,6-7H3. The van der Waals surface area contributed by atoms with E-state index in [-0.39, 0.29) is 5.41 Å². The molecule has 3 rings (SSSR count). The maximum absolute atomic E-state index is 4.26. The van der Waals surface area contributed by atoms with Crippen LogP contribution in [0.1, 0.15) is 43.4 Å². The van der Waals surface area contributed by atoms with E-state index in [1.165, 1.54) is 28.0 Å². The Hall–Kier alpha value is -2.02. The molecule has 0 saturated carbocycles. The fraction of sp³-hybridized carbons (Fsp3) is 0.300. The molecule has 1 unspecified atom stereocenters. The van der Waals surface area contributed by atoms with Crippen LogP contribution in [0.2, 0.25) is 0 Å². The third-order valence-corrected chi connectivity index (χ3v) is 5.06. The smallest absolute Gasteiger partial charge is 0.0534 e. The van der Waals surface area contributed by atoms with Gasteiger partial charge in [0.15, 0.2) is 0 Å². The summed E-state index contributed by atoms with van der Waals surface area (Å²) in [5.41, 5.74) is 8.58. The molecule has 0 saturated heterocycles. The molecule has 0 spiro atoms. The van der Waals surface area contributed by atoms with Crippen molar-refractivity contribution in [2.45, 2.75) is 39.0 Å². The predicted molar refractivity (Wildman–Crippen MR) is 91.7 cm³/mol. The summed E-state index contributed by atoms with van der Waals surface area (Å²) in [6.07, 6.45) is 4.13. The number of hydrogen-bond acceptors (Lipinski definition) is 1. The van der Waals surface area contributed by atoms with Crippen LogP contribution in [0.15, 0.2) is 61.0 Å². The van der Waals surface area contributed by atoms with Crippen LogP contribution in [0.25, 0.3) is 0 Å². The van der Waals surface area contributed by atoms with Gasteiger partial charge in [0, 0.05) is 23.2 Å². The van der Waals surface area contributed by atoms with Crippen molar-refractivity contribution in [2.75, 3.05) is 4.90 Å². The van der Waals surface area contributed by atoms with Crippen LogP contribution in [0.4, 0.5) is 5.69 Å². The molecule has 0 aromatic heterocycles. The zero-order valence-electron chi connectivity index (χ0n) is 13.5. The normalized spacial score (nSPS) is 22.8. The largest absolute Gasteiger partial charge is 0.317 e. The molecule has 0 fully saturated rings. The monoisotopic (exact) mass is 277 g/mol. The van der Waals surface area contributed by atoms with Gasteiger partial charge in [0.05, 0.1) is 5.69 Å². The van der Waals surface area contributed by atoms with Gasteiger partial charge in [-0.25, -0.2) is 0 Å². The van der Waals surface area contributed by atoms with E-state index in [0.717, 1.165) is 11.3 Å². The van der Waals surface area contributed by atoms with Crippen LogP contribution in [0.5, 0.6) is 0 Å². The summed E-state index contributed by atoms with van der Waals surface area (Å²) in [6, 6.07) is 4.59. The van der Waals surface area contributed by atoms with Gasteiger partial charge in [-0.2, -0.15) is 0 Å². The molecule has 1 atom stereocenters. The number of allylic oxidation sites excluding steroid dienone is 3. The van der Waals surface area contributed by atoms with E-state index in [1.54, 1.807) is 0 Å². The second-order valence-electron chi connectivity index (χ2n) is 6.73. The van der Waals surface area contributed by atoms with Crippen LogP contribution >= 0.6 is 0 Å². The number of aryl methyl sites for hydroxylation is 1. The third-order valence-electron chi connectivity index (χ3n) is 5.06. The summed E-state index contributed by atoms with van der Waals surface area (Å²) in [5, 5.41) is 0. The lowest BCUT2D eigenvalue weighted by atomic mass is 9.70. The van der Waals surface area contributed by atoms with Gasteiger partial charge in [0.2, 0.25) is 0 Å². The zero-order chi connectivity index (χ0) is 15.5. The van der Waals surface area contributed by atoms with Gasteiger partial charge in [-0.15, -0.1) is 0 Å². The number of benzene rings is 1. The molecule has 0 amide bonds. The highest BCUT2D eigenvalue weighted by Gasteiger charge is 2.39. The second kappa shape index (κ2) is 4.24. The van der Waals surface area contributed by atoms with Crippen LogP contribution in [0.3, 0.4) is 0 Å². The molecule has 0 aliphatic carbocycles. The first-order valence-electron chi connectivity index (χ1n) is 7.46. The molecule has 2 aliphatic heterocycles. The van der Waals surface area contributed by atoms with E-state index >= 15 is 0 Å². The summed E-state index contributed by atoms with van der Waals surface area (Å²) in [7, 11) is 0. The molecular formula is C20H23N. The Kier molecular flexibility index (Phi) is 2.81. The number of nitrogens with zero attached hydrogens (tertiary/aromatic N) is 1. The molecule has 1 heteroatoms. The minimum atomic E-state index is -0.0347. The predicted octanol–water partition coefficient (Wildman–Crippen LogP) is 5.35. The molecule has 0 bridgehead atoms. The van der Waals surface area contributed by atoms with Gasteiger partial charge in [0.1, 0.15) is 0 Å². The van der Waals surface area contributed by atoms with E-state index < -0.39 is 0 Å². The quantitative estimate of drug-likeness (QED) is 0.669. The van der Waals surface area contributed by atoms with Crippen LogP contribution in [-0.2, 0) is 5.41 Å². The van der Waals surface area contributed by atoms with Crippen LogP contribution < -0.4 is 4.90 Å². The second-order valence-corrected chi connectivity index (χ2v) is 6.73. The summed E-state index contributed by atoms with van der Waals surface area (Å²) < 4.78 is 0. The van der Waals surface area contributed by atoms with Crippen LogP contribution in [0, 0.1) is 6.92 Å². The minimum Gasteiger partial charge on any atom is -0.317 e. The van der Waals surface area contributed by atoms with Gasteiger partial charge < -0.3 is 4.90 Å². The Bertz CT molecular complexity index is 716. The van der Waals surface area contributed by atoms with Crippen LogP contribution in [-0.4, -0.2) is 0 Å². The van der Waals surface area contributed by atoms with Gasteiger partial charge >= 0.3 is 0 Å². The Balaban J connectivity index is 2.41. The van der Waals surface area contributed by atoms with E-state index in [1.807, 2.05) is 6.08 Å². The lowest BCUT2D eigenvalue weighted by Crippen LogP contribution is -2.35. The Morgan fingerprint density at radius 3 is 2.52 bits per heavy atom. The molecule has 108 valence electrons. The van der Waals surface area contributed by atoms with Gasteiger partial charge in [-0.05, 0) is 29.2 Å². The highest BCUT2D eigenvalue weighted by atomic mass is 15.2. The third kappa shape index (κ3) is 1.70. The molecule has 0 radical (unpaired) electrons. The summed E-state index contributed by atoms with van der Waals surface area (Å²) in [6.45, 7) is 21.4. The van der Waals surface area contributed by atoms with Crippen molar-refractivity contribution in [3.05, 3.63) is 77.7 Å². The van der Waals surface area contributed by atoms with Crippen molar-refractivity contribution in [2.24, 2.45) is 0 Å². The van der Waals surface area contributed by atoms with Crippen molar-refractivity contribution >= 4 is 5.69 Å². The van der Waals surface area contributed by atoms with E-state index in [9.17, 15) is 0 Å². The number of hydrogen-bond donors (Lipinski definition) is 0. The lowest BCUT2D eigenvalue weighted by molar-refractivity contribution is 0.619. The van der Waals surface area contributed by atoms with E-state index in [4.69, 9.17) is 0 Å². The number of rotatable bonds is 1. The SMILES string of the molecule is C=CC1=CN2C(=C)C(=C)C(C)c3cc(C)cc(c32)C1(C)C. The molecule has 1 aromatic rings. The summed E-state index contributed by atoms with van der Waals surface area (Å²) in [5.74, 6) is 0.317. The molecule has 2 aliphatic rings. The molecule has 21 heavy (non-hydrogen) atoms. The van der Waals surface area contributed by atoms with Gasteiger partial charge in [-0.1, -0.05) is 64.3 Å². The van der Waals surface area contributed by atoms with Crippen molar-refractivity contribution in [3.8, 4) is 0 Å². The molecular weight excluding hydrogens is 254 g/mol. The first kappa shape index (κ1) is 13.9. The van der Waals surface area contributed by atoms with Gasteiger partial charge in [0.25, 0.3) is 0 Å². The van der Waals surface area contributed by atoms with Crippen molar-refractivity contribution in [3.63, 3.8) is 0 Å². The maximum Gasteiger partial charge on any atom is 0.0534 e. The average molecular weight is 277 g/mol. The molecule has 1 nitrogen and oxygen atoms in total. The highest BCUT2D eigenvalue weighted by Crippen LogP contribution is 2.52. The van der Waals surface area contributed by atoms with Crippen molar-refractivity contribution in [1.29, 1.82) is 0 Å². The Labute approximate surface area is 128 Å². The topological polar surface area (TPSA) is 3.24 Å². The Morgan fingerprint density at radius 2 is 1.90 bits per heavy atom. The fourth-order valence-electron chi connectivity index (χ4n) is 3.52. The van der Waals surface area contributed by atoms with E-state index in [0.29, 0.717) is 5.92 Å². The number of anilines is 1. The summed E-state index contributed by atoms with van der Waals surface area (Å²) in [4.78, 5) is 2.20. The van der Waals surface area contributed by atoms with Crippen molar-refractivity contribution < 1.29 is 0 Å². The lowest BCUT2D eigenvalue weighted by Gasteiger charge is -2.45.